The number of nitrogens with two attached hydrogens (primary N) is 1. The van der Waals surface area contributed by atoms with E-state index in [2.05, 4.69) is 30.0 Å². The third-order valence-electron chi connectivity index (χ3n) is 5.95. The summed E-state index contributed by atoms with van der Waals surface area (Å²) in [7, 11) is 0. The lowest BCUT2D eigenvalue weighted by Crippen LogP contribution is -2.33. The van der Waals surface area contributed by atoms with Crippen molar-refractivity contribution in [1.29, 1.82) is 0 Å². The van der Waals surface area contributed by atoms with Gasteiger partial charge in [0.25, 0.3) is 0 Å². The van der Waals surface area contributed by atoms with E-state index >= 15 is 0 Å². The Morgan fingerprint density at radius 1 is 1.17 bits per heavy atom. The molecular formula is C23H20F3N7O2. The van der Waals surface area contributed by atoms with E-state index in [1.165, 1.54) is 12.1 Å². The van der Waals surface area contributed by atoms with Crippen molar-refractivity contribution in [3.8, 4) is 17.3 Å². The summed E-state index contributed by atoms with van der Waals surface area (Å²) >= 11 is 0. The molecule has 0 aliphatic carbocycles. The molecule has 9 nitrogen and oxygen atoms in total. The maximum atomic E-state index is 13.1. The number of halogens is 3. The average molecular weight is 483 g/mol. The van der Waals surface area contributed by atoms with Gasteiger partial charge in [0.15, 0.2) is 11.5 Å². The van der Waals surface area contributed by atoms with Crippen LogP contribution in [0.3, 0.4) is 0 Å². The maximum absolute atomic E-state index is 13.1. The van der Waals surface area contributed by atoms with Crippen LogP contribution in [-0.4, -0.2) is 36.6 Å². The van der Waals surface area contributed by atoms with Crippen molar-refractivity contribution >= 4 is 23.2 Å². The highest BCUT2D eigenvalue weighted by Gasteiger charge is 2.47. The van der Waals surface area contributed by atoms with Crippen LogP contribution in [0, 0.1) is 0 Å². The van der Waals surface area contributed by atoms with Gasteiger partial charge in [-0.05, 0) is 31.0 Å². The Morgan fingerprint density at radius 2 is 1.91 bits per heavy atom. The van der Waals surface area contributed by atoms with Crippen molar-refractivity contribution in [3.63, 3.8) is 0 Å². The Labute approximate surface area is 197 Å². The van der Waals surface area contributed by atoms with Crippen LogP contribution < -0.4 is 15.8 Å². The van der Waals surface area contributed by atoms with Crippen LogP contribution in [-0.2, 0) is 16.6 Å². The smallest absolute Gasteiger partial charge is 0.406 e. The Bertz CT molecular complexity index is 1450. The Balaban J connectivity index is 1.57. The number of fused-ring (bicyclic) bond motifs is 2. The summed E-state index contributed by atoms with van der Waals surface area (Å²) < 4.78 is 43.3. The van der Waals surface area contributed by atoms with Gasteiger partial charge in [-0.2, -0.15) is 0 Å². The van der Waals surface area contributed by atoms with Crippen LogP contribution >= 0.6 is 0 Å². The first-order valence-electron chi connectivity index (χ1n) is 10.8. The number of nitrogen functional groups attached to an aromatic ring is 1. The lowest BCUT2D eigenvalue weighted by atomic mass is 9.78. The summed E-state index contributed by atoms with van der Waals surface area (Å²) in [6.45, 7) is 3.65. The van der Waals surface area contributed by atoms with Crippen LogP contribution in [0.4, 0.5) is 24.8 Å². The number of rotatable bonds is 5. The summed E-state index contributed by atoms with van der Waals surface area (Å²) in [4.78, 5) is 31.0. The van der Waals surface area contributed by atoms with E-state index in [0.717, 1.165) is 29.9 Å². The van der Waals surface area contributed by atoms with Gasteiger partial charge in [-0.15, -0.1) is 13.2 Å². The minimum atomic E-state index is -4.82. The number of carbonyl (C=O) groups is 1. The van der Waals surface area contributed by atoms with Crippen LogP contribution in [0.25, 0.3) is 17.2 Å². The molecule has 4 aromatic rings. The first-order chi connectivity index (χ1) is 16.6. The largest absolute Gasteiger partial charge is 0.573 e. The van der Waals surface area contributed by atoms with Crippen molar-refractivity contribution in [3.05, 3.63) is 59.7 Å². The minimum Gasteiger partial charge on any atom is -0.406 e. The first kappa shape index (κ1) is 22.6. The van der Waals surface area contributed by atoms with E-state index in [1.54, 1.807) is 25.5 Å². The molecule has 3 N–H and O–H groups in total. The summed E-state index contributed by atoms with van der Waals surface area (Å²) in [6, 6.07) is 5.05. The van der Waals surface area contributed by atoms with E-state index in [9.17, 15) is 18.0 Å². The lowest BCUT2D eigenvalue weighted by Gasteiger charge is -2.23. The first-order valence-corrected chi connectivity index (χ1v) is 10.8. The number of alkyl halides is 3. The summed E-state index contributed by atoms with van der Waals surface area (Å²) in [5.74, 6) is -0.314. The Hall–Kier alpha value is -4.22. The van der Waals surface area contributed by atoms with Gasteiger partial charge in [0.05, 0.1) is 11.3 Å². The number of imidazole rings is 1. The van der Waals surface area contributed by atoms with E-state index in [0.29, 0.717) is 23.2 Å². The van der Waals surface area contributed by atoms with Crippen molar-refractivity contribution in [2.75, 3.05) is 11.1 Å². The second kappa shape index (κ2) is 7.93. The molecule has 3 aromatic heterocycles. The van der Waals surface area contributed by atoms with Crippen molar-refractivity contribution in [2.45, 2.75) is 38.5 Å². The van der Waals surface area contributed by atoms with E-state index in [1.807, 2.05) is 11.3 Å². The standard InChI is InChI=1S/C23H20F3N7O2/c1-3-4-14-20-28-9-10-33(20)11-15(29-14)18-30-17(27)16-19(31-18)32-21(34)22(16,2)12-5-7-13(8-6-12)35-23(24,25)26/h5-11H,3-4H2,1-2H3,(H3,27,30,31,32,34). The number of hydrogen-bond donors (Lipinski definition) is 2. The third kappa shape index (κ3) is 3.80. The molecule has 12 heteroatoms. The van der Waals surface area contributed by atoms with Gasteiger partial charge in [0.1, 0.15) is 28.5 Å². The predicted molar refractivity (Wildman–Crippen MR) is 121 cm³/mol. The second-order valence-electron chi connectivity index (χ2n) is 8.29. The van der Waals surface area contributed by atoms with Gasteiger partial charge < -0.3 is 20.2 Å². The zero-order valence-electron chi connectivity index (χ0n) is 18.7. The molecular weight excluding hydrogens is 463 g/mol. The fourth-order valence-electron chi connectivity index (χ4n) is 4.30. The maximum Gasteiger partial charge on any atom is 0.573 e. The monoisotopic (exact) mass is 483 g/mol. The molecule has 0 bridgehead atoms. The molecule has 35 heavy (non-hydrogen) atoms. The Morgan fingerprint density at radius 3 is 2.60 bits per heavy atom. The van der Waals surface area contributed by atoms with E-state index in [4.69, 9.17) is 5.73 Å². The number of benzene rings is 1. The van der Waals surface area contributed by atoms with Crippen LogP contribution in [0.15, 0.2) is 42.9 Å². The molecule has 1 aliphatic rings. The molecule has 0 radical (unpaired) electrons. The molecule has 5 rings (SSSR count). The fraction of sp³-hybridized carbons (Fsp3) is 0.261. The molecule has 0 saturated carbocycles. The normalized spacial score (nSPS) is 17.5. The molecule has 1 unspecified atom stereocenters. The number of amides is 1. The summed E-state index contributed by atoms with van der Waals surface area (Å²) in [5, 5.41) is 2.73. The van der Waals surface area contributed by atoms with Crippen LogP contribution in [0.1, 0.15) is 37.1 Å². The number of ether oxygens (including phenoxy) is 1. The van der Waals surface area contributed by atoms with Gasteiger partial charge in [0.2, 0.25) is 5.91 Å². The molecule has 1 atom stereocenters. The molecule has 0 saturated heterocycles. The molecule has 0 fully saturated rings. The van der Waals surface area contributed by atoms with Gasteiger partial charge in [0, 0.05) is 18.6 Å². The molecule has 4 heterocycles. The number of aromatic nitrogens is 5. The minimum absolute atomic E-state index is 0.0611. The van der Waals surface area contributed by atoms with Crippen molar-refractivity contribution in [1.82, 2.24) is 24.3 Å². The highest BCUT2D eigenvalue weighted by molar-refractivity contribution is 6.09. The molecule has 180 valence electrons. The van der Waals surface area contributed by atoms with Gasteiger partial charge >= 0.3 is 6.36 Å². The lowest BCUT2D eigenvalue weighted by molar-refractivity contribution is -0.274. The number of nitrogens with one attached hydrogen (secondary N) is 1. The zero-order chi connectivity index (χ0) is 25.0. The molecule has 0 spiro atoms. The molecule has 1 aromatic carbocycles. The molecule has 1 aliphatic heterocycles. The Kier molecular flexibility index (Phi) is 5.11. The fourth-order valence-corrected chi connectivity index (χ4v) is 4.30. The number of carbonyl (C=O) groups excluding carboxylic acids is 1. The topological polar surface area (TPSA) is 120 Å². The highest BCUT2D eigenvalue weighted by Crippen LogP contribution is 2.45. The van der Waals surface area contributed by atoms with E-state index in [-0.39, 0.29) is 17.5 Å². The van der Waals surface area contributed by atoms with Crippen LogP contribution in [0.5, 0.6) is 5.75 Å². The summed E-state index contributed by atoms with van der Waals surface area (Å²) in [6.07, 6.45) is 1.96. The van der Waals surface area contributed by atoms with Gasteiger partial charge in [-0.25, -0.2) is 19.9 Å². The second-order valence-corrected chi connectivity index (χ2v) is 8.29. The quantitative estimate of drug-likeness (QED) is 0.442. The van der Waals surface area contributed by atoms with Crippen molar-refractivity contribution in [2.24, 2.45) is 0 Å². The third-order valence-corrected chi connectivity index (χ3v) is 5.95. The SMILES string of the molecule is CCCc1nc(-c2nc(N)c3c(n2)NC(=O)C3(C)c2ccc(OC(F)(F)F)cc2)cn2ccnc12. The van der Waals surface area contributed by atoms with Crippen molar-refractivity contribution < 1.29 is 22.7 Å². The molecule has 1 amide bonds. The number of nitrogens with zero attached hydrogens (tertiary/aromatic N) is 5. The zero-order valence-corrected chi connectivity index (χ0v) is 18.7. The average Bonchev–Trinajstić information content (AvgIpc) is 3.36. The number of hydrogen-bond acceptors (Lipinski definition) is 7. The highest BCUT2D eigenvalue weighted by atomic mass is 19.4. The number of anilines is 2. The summed E-state index contributed by atoms with van der Waals surface area (Å²) in [5.41, 5.74) is 7.75. The van der Waals surface area contributed by atoms with Gasteiger partial charge in [-0.1, -0.05) is 25.5 Å². The number of aryl methyl sites for hydroxylation is 1. The predicted octanol–water partition coefficient (Wildman–Crippen LogP) is 3.88. The van der Waals surface area contributed by atoms with Crippen LogP contribution in [0.2, 0.25) is 0 Å². The van der Waals surface area contributed by atoms with Gasteiger partial charge in [-0.3, -0.25) is 4.79 Å². The van der Waals surface area contributed by atoms with E-state index < -0.39 is 23.4 Å².